The monoisotopic (exact) mass is 243 g/mol. The van der Waals surface area contributed by atoms with E-state index in [0.717, 1.165) is 6.08 Å². The van der Waals surface area contributed by atoms with E-state index in [0.29, 0.717) is 0 Å². The summed E-state index contributed by atoms with van der Waals surface area (Å²) in [6, 6.07) is -1.31. The molecule has 6 heteroatoms. The third kappa shape index (κ3) is 7.10. The molecule has 1 atom stereocenters. The molecule has 0 heterocycles. The van der Waals surface area contributed by atoms with Crippen LogP contribution < -0.4 is 5.32 Å². The maximum absolute atomic E-state index is 11.4. The maximum Gasteiger partial charge on any atom is 0.326 e. The highest BCUT2D eigenvalue weighted by Crippen LogP contribution is 2.09. The maximum atomic E-state index is 11.4. The third-order valence-electron chi connectivity index (χ3n) is 1.59. The molecule has 2 N–H and O–H groups in total. The first-order valence-electron chi connectivity index (χ1n) is 5.03. The fourth-order valence-corrected chi connectivity index (χ4v) is 0.981. The van der Waals surface area contributed by atoms with Crippen LogP contribution in [0.25, 0.3) is 0 Å². The van der Waals surface area contributed by atoms with Gasteiger partial charge < -0.3 is 15.2 Å². The summed E-state index contributed by atoms with van der Waals surface area (Å²) in [6.45, 7) is 8.20. The van der Waals surface area contributed by atoms with Crippen molar-refractivity contribution in [2.24, 2.45) is 0 Å². The van der Waals surface area contributed by atoms with Gasteiger partial charge in [0.25, 0.3) is 0 Å². The van der Waals surface area contributed by atoms with E-state index < -0.39 is 35.9 Å². The second-order valence-electron chi connectivity index (χ2n) is 4.39. The van der Waals surface area contributed by atoms with Gasteiger partial charge in [-0.15, -0.1) is 0 Å². The molecular formula is C11H17NO5. The van der Waals surface area contributed by atoms with Gasteiger partial charge in [0.1, 0.15) is 11.6 Å². The van der Waals surface area contributed by atoms with E-state index in [4.69, 9.17) is 9.84 Å². The van der Waals surface area contributed by atoms with Gasteiger partial charge in [0.15, 0.2) is 0 Å². The van der Waals surface area contributed by atoms with Gasteiger partial charge in [-0.3, -0.25) is 9.59 Å². The Hall–Kier alpha value is -1.85. The van der Waals surface area contributed by atoms with Crippen LogP contribution in [0.5, 0.6) is 0 Å². The molecule has 0 aromatic carbocycles. The Morgan fingerprint density at radius 2 is 1.94 bits per heavy atom. The lowest BCUT2D eigenvalue weighted by Crippen LogP contribution is -2.42. The van der Waals surface area contributed by atoms with E-state index in [-0.39, 0.29) is 0 Å². The topological polar surface area (TPSA) is 92.7 Å². The summed E-state index contributed by atoms with van der Waals surface area (Å²) in [7, 11) is 0. The van der Waals surface area contributed by atoms with Crippen LogP contribution >= 0.6 is 0 Å². The number of rotatable bonds is 5. The Kier molecular flexibility index (Phi) is 5.37. The van der Waals surface area contributed by atoms with Gasteiger partial charge in [0.05, 0.1) is 6.42 Å². The van der Waals surface area contributed by atoms with Crippen molar-refractivity contribution in [3.05, 3.63) is 12.7 Å². The van der Waals surface area contributed by atoms with E-state index in [1.54, 1.807) is 20.8 Å². The number of carbonyl (C=O) groups is 3. The Bertz CT molecular complexity index is 329. The molecule has 0 unspecified atom stereocenters. The van der Waals surface area contributed by atoms with Crippen molar-refractivity contribution in [2.75, 3.05) is 0 Å². The van der Waals surface area contributed by atoms with Gasteiger partial charge in [-0.05, 0) is 26.8 Å². The number of amides is 1. The Morgan fingerprint density at radius 3 is 2.29 bits per heavy atom. The molecule has 0 saturated carbocycles. The molecular weight excluding hydrogens is 226 g/mol. The third-order valence-corrected chi connectivity index (χ3v) is 1.59. The second kappa shape index (κ2) is 6.03. The minimum absolute atomic E-state index is 0.424. The fourth-order valence-electron chi connectivity index (χ4n) is 0.981. The van der Waals surface area contributed by atoms with Crippen LogP contribution in [0.3, 0.4) is 0 Å². The summed E-state index contributed by atoms with van der Waals surface area (Å²) in [5, 5.41) is 10.9. The molecule has 0 aromatic rings. The van der Waals surface area contributed by atoms with Gasteiger partial charge >= 0.3 is 11.9 Å². The lowest BCUT2D eigenvalue weighted by molar-refractivity contribution is -0.158. The molecule has 0 spiro atoms. The zero-order chi connectivity index (χ0) is 13.6. The van der Waals surface area contributed by atoms with Gasteiger partial charge in [0, 0.05) is 0 Å². The van der Waals surface area contributed by atoms with E-state index in [1.165, 1.54) is 0 Å². The normalized spacial score (nSPS) is 12.4. The fraction of sp³-hybridized carbons (Fsp3) is 0.545. The van der Waals surface area contributed by atoms with E-state index >= 15 is 0 Å². The molecule has 17 heavy (non-hydrogen) atoms. The van der Waals surface area contributed by atoms with Crippen LogP contribution in [0.2, 0.25) is 0 Å². The van der Waals surface area contributed by atoms with Gasteiger partial charge in [0.2, 0.25) is 5.91 Å². The molecule has 1 amide bonds. The summed E-state index contributed by atoms with van der Waals surface area (Å²) >= 11 is 0. The van der Waals surface area contributed by atoms with Gasteiger partial charge in [-0.1, -0.05) is 6.58 Å². The highest BCUT2D eigenvalue weighted by atomic mass is 16.6. The van der Waals surface area contributed by atoms with Gasteiger partial charge in [-0.25, -0.2) is 4.79 Å². The number of hydrogen-bond acceptors (Lipinski definition) is 4. The highest BCUT2D eigenvalue weighted by molar-refractivity contribution is 5.92. The molecule has 6 nitrogen and oxygen atoms in total. The number of esters is 1. The molecule has 0 radical (unpaired) electrons. The first-order chi connectivity index (χ1) is 7.65. The number of carboxylic acids is 1. The van der Waals surface area contributed by atoms with Crippen LogP contribution in [0.4, 0.5) is 0 Å². The van der Waals surface area contributed by atoms with Crippen molar-refractivity contribution in [3.63, 3.8) is 0 Å². The molecule has 0 aliphatic rings. The van der Waals surface area contributed by atoms with Crippen LogP contribution in [0.1, 0.15) is 27.2 Å². The number of nitrogens with one attached hydrogen (secondary N) is 1. The average Bonchev–Trinajstić information content (AvgIpc) is 2.13. The van der Waals surface area contributed by atoms with Crippen LogP contribution in [-0.2, 0) is 19.1 Å². The lowest BCUT2D eigenvalue weighted by atomic mass is 10.1. The zero-order valence-corrected chi connectivity index (χ0v) is 10.1. The van der Waals surface area contributed by atoms with Crippen LogP contribution in [-0.4, -0.2) is 34.6 Å². The molecule has 0 bridgehead atoms. The minimum atomic E-state index is -1.31. The quantitative estimate of drug-likeness (QED) is 0.541. The van der Waals surface area contributed by atoms with Gasteiger partial charge in [-0.2, -0.15) is 0 Å². The summed E-state index contributed by atoms with van der Waals surface area (Å²) in [6.07, 6.45) is 0.511. The number of carboxylic acid groups (broad SMARTS) is 1. The van der Waals surface area contributed by atoms with E-state index in [2.05, 4.69) is 11.9 Å². The number of hydrogen-bond donors (Lipinski definition) is 2. The molecule has 96 valence electrons. The second-order valence-corrected chi connectivity index (χ2v) is 4.39. The lowest BCUT2D eigenvalue weighted by Gasteiger charge is -2.21. The summed E-state index contributed by atoms with van der Waals surface area (Å²) < 4.78 is 4.95. The molecule has 0 saturated heterocycles. The van der Waals surface area contributed by atoms with Crippen molar-refractivity contribution in [1.82, 2.24) is 5.32 Å². The van der Waals surface area contributed by atoms with Crippen molar-refractivity contribution in [2.45, 2.75) is 38.8 Å². The Labute approximate surface area is 99.6 Å². The predicted octanol–water partition coefficient (Wildman–Crippen LogP) is 0.474. The largest absolute Gasteiger partial charge is 0.480 e. The molecule has 0 rings (SSSR count). The Balaban J connectivity index is 4.45. The summed E-state index contributed by atoms with van der Waals surface area (Å²) in [4.78, 5) is 33.1. The smallest absolute Gasteiger partial charge is 0.326 e. The number of ether oxygens (including phenoxy) is 1. The molecule has 0 fully saturated rings. The molecule has 0 aliphatic heterocycles. The number of carbonyl (C=O) groups excluding carboxylic acids is 2. The summed E-state index contributed by atoms with van der Waals surface area (Å²) in [5.41, 5.74) is -0.692. The first-order valence-corrected chi connectivity index (χ1v) is 5.03. The van der Waals surface area contributed by atoms with Crippen LogP contribution in [0.15, 0.2) is 12.7 Å². The first kappa shape index (κ1) is 15.2. The standard InChI is InChI=1S/C11H17NO5/c1-5-8(13)12-7(10(15)16)6-9(14)17-11(2,3)4/h5,7H,1,6H2,2-4H3,(H,12,13)(H,15,16)/t7-/m0/s1. The van der Waals surface area contributed by atoms with E-state index in [1.807, 2.05) is 0 Å². The highest BCUT2D eigenvalue weighted by Gasteiger charge is 2.25. The minimum Gasteiger partial charge on any atom is -0.480 e. The summed E-state index contributed by atoms with van der Waals surface area (Å²) in [5.74, 6) is -2.64. The van der Waals surface area contributed by atoms with Crippen molar-refractivity contribution < 1.29 is 24.2 Å². The average molecular weight is 243 g/mol. The van der Waals surface area contributed by atoms with Crippen molar-refractivity contribution in [1.29, 1.82) is 0 Å². The zero-order valence-electron chi connectivity index (χ0n) is 10.1. The molecule has 0 aliphatic carbocycles. The Morgan fingerprint density at radius 1 is 1.41 bits per heavy atom. The van der Waals surface area contributed by atoms with E-state index in [9.17, 15) is 14.4 Å². The number of aliphatic carboxylic acids is 1. The van der Waals surface area contributed by atoms with Crippen molar-refractivity contribution >= 4 is 17.8 Å². The molecule has 0 aromatic heterocycles. The van der Waals surface area contributed by atoms with Crippen molar-refractivity contribution in [3.8, 4) is 0 Å². The SMILES string of the molecule is C=CC(=O)N[C@@H](CC(=O)OC(C)(C)C)C(=O)O. The predicted molar refractivity (Wildman–Crippen MR) is 60.2 cm³/mol. The van der Waals surface area contributed by atoms with Crippen LogP contribution in [0, 0.1) is 0 Å².